The van der Waals surface area contributed by atoms with Crippen molar-refractivity contribution in [2.75, 3.05) is 13.6 Å². The van der Waals surface area contributed by atoms with Crippen molar-refractivity contribution in [2.45, 2.75) is 58.0 Å². The average Bonchev–Trinajstić information content (AvgIpc) is 2.83. The van der Waals surface area contributed by atoms with Crippen LogP contribution in [0, 0.1) is 12.8 Å². The maximum Gasteiger partial charge on any atom is 0.0798 e. The van der Waals surface area contributed by atoms with Crippen LogP contribution in [0.15, 0.2) is 5.51 Å². The van der Waals surface area contributed by atoms with Gasteiger partial charge in [-0.1, -0.05) is 26.2 Å². The molecule has 4 heteroatoms. The second kappa shape index (κ2) is 6.33. The highest BCUT2D eigenvalue weighted by Gasteiger charge is 2.41. The fourth-order valence-electron chi connectivity index (χ4n) is 3.66. The van der Waals surface area contributed by atoms with E-state index >= 15 is 0 Å². The van der Waals surface area contributed by atoms with E-state index in [1.807, 2.05) is 5.51 Å². The van der Waals surface area contributed by atoms with Gasteiger partial charge in [-0.05, 0) is 32.7 Å². The first-order chi connectivity index (χ1) is 9.14. The molecule has 0 saturated heterocycles. The minimum absolute atomic E-state index is 0.198. The molecule has 0 spiro atoms. The Morgan fingerprint density at radius 1 is 1.53 bits per heavy atom. The Labute approximate surface area is 121 Å². The summed E-state index contributed by atoms with van der Waals surface area (Å²) >= 11 is 1.77. The molecule has 108 valence electrons. The van der Waals surface area contributed by atoms with E-state index < -0.39 is 0 Å². The van der Waals surface area contributed by atoms with Crippen molar-refractivity contribution in [3.05, 3.63) is 16.1 Å². The molecule has 2 unspecified atom stereocenters. The fourth-order valence-corrected chi connectivity index (χ4v) is 4.49. The smallest absolute Gasteiger partial charge is 0.0798 e. The van der Waals surface area contributed by atoms with E-state index in [0.717, 1.165) is 19.0 Å². The Morgan fingerprint density at radius 2 is 2.32 bits per heavy atom. The molecule has 3 nitrogen and oxygen atoms in total. The summed E-state index contributed by atoms with van der Waals surface area (Å²) in [5.74, 6) is 0.740. The third-order valence-electron chi connectivity index (χ3n) is 5.00. The van der Waals surface area contributed by atoms with Crippen LogP contribution in [0.2, 0.25) is 0 Å². The Hall–Kier alpha value is -0.450. The Kier molecular flexibility index (Phi) is 4.98. The van der Waals surface area contributed by atoms with E-state index in [1.54, 1.807) is 11.3 Å². The summed E-state index contributed by atoms with van der Waals surface area (Å²) in [6, 6.07) is 0. The average molecular weight is 281 g/mol. The van der Waals surface area contributed by atoms with Crippen LogP contribution < -0.4 is 5.73 Å². The lowest BCUT2D eigenvalue weighted by molar-refractivity contribution is 0.0182. The summed E-state index contributed by atoms with van der Waals surface area (Å²) in [6.07, 6.45) is 6.51. The highest BCUT2D eigenvalue weighted by Crippen LogP contribution is 2.40. The number of hydrogen-bond donors (Lipinski definition) is 1. The maximum atomic E-state index is 6.22. The van der Waals surface area contributed by atoms with Gasteiger partial charge in [-0.2, -0.15) is 0 Å². The van der Waals surface area contributed by atoms with Crippen molar-refractivity contribution in [3.8, 4) is 0 Å². The van der Waals surface area contributed by atoms with Gasteiger partial charge in [0, 0.05) is 23.5 Å². The van der Waals surface area contributed by atoms with E-state index in [4.69, 9.17) is 5.73 Å². The van der Waals surface area contributed by atoms with Gasteiger partial charge in [0.05, 0.1) is 11.2 Å². The quantitative estimate of drug-likeness (QED) is 0.901. The van der Waals surface area contributed by atoms with Crippen molar-refractivity contribution in [3.63, 3.8) is 0 Å². The summed E-state index contributed by atoms with van der Waals surface area (Å²) < 4.78 is 0. The van der Waals surface area contributed by atoms with Gasteiger partial charge in [0.2, 0.25) is 0 Å². The molecule has 2 atom stereocenters. The second-order valence-corrected chi connectivity index (χ2v) is 6.81. The van der Waals surface area contributed by atoms with Gasteiger partial charge in [0.15, 0.2) is 0 Å². The molecule has 1 aliphatic rings. The molecule has 1 aliphatic carbocycles. The third kappa shape index (κ3) is 2.86. The lowest BCUT2D eigenvalue weighted by Crippen LogP contribution is -2.58. The van der Waals surface area contributed by atoms with Gasteiger partial charge in [-0.3, -0.25) is 4.90 Å². The van der Waals surface area contributed by atoms with Crippen LogP contribution in [0.1, 0.15) is 49.6 Å². The molecule has 1 saturated carbocycles. The molecular weight excluding hydrogens is 254 g/mol. The fraction of sp³-hybridized carbons (Fsp3) is 0.800. The molecule has 1 aromatic rings. The molecule has 2 rings (SSSR count). The first-order valence-electron chi connectivity index (χ1n) is 7.44. The molecule has 1 heterocycles. The van der Waals surface area contributed by atoms with Gasteiger partial charge in [-0.25, -0.2) is 4.98 Å². The molecule has 1 fully saturated rings. The van der Waals surface area contributed by atoms with E-state index in [0.29, 0.717) is 0 Å². The van der Waals surface area contributed by atoms with Crippen LogP contribution in [0.25, 0.3) is 0 Å². The zero-order valence-electron chi connectivity index (χ0n) is 12.5. The monoisotopic (exact) mass is 281 g/mol. The van der Waals surface area contributed by atoms with Crippen molar-refractivity contribution < 1.29 is 0 Å². The molecular formula is C15H27N3S. The molecule has 19 heavy (non-hydrogen) atoms. The SMILES string of the molecule is CCC1CCCCC1(CN)N(C)Cc1scnc1C. The minimum Gasteiger partial charge on any atom is -0.329 e. The number of nitrogens with zero attached hydrogens (tertiary/aromatic N) is 2. The summed E-state index contributed by atoms with van der Waals surface area (Å²) in [4.78, 5) is 8.26. The van der Waals surface area contributed by atoms with E-state index in [1.165, 1.54) is 42.7 Å². The number of hydrogen-bond acceptors (Lipinski definition) is 4. The van der Waals surface area contributed by atoms with Crippen LogP contribution in [-0.4, -0.2) is 29.0 Å². The predicted molar refractivity (Wildman–Crippen MR) is 82.4 cm³/mol. The second-order valence-electron chi connectivity index (χ2n) is 5.88. The van der Waals surface area contributed by atoms with Crippen molar-refractivity contribution in [1.29, 1.82) is 0 Å². The number of aryl methyl sites for hydroxylation is 1. The van der Waals surface area contributed by atoms with E-state index in [-0.39, 0.29) is 5.54 Å². The minimum atomic E-state index is 0.198. The zero-order valence-corrected chi connectivity index (χ0v) is 13.3. The van der Waals surface area contributed by atoms with Crippen LogP contribution in [0.4, 0.5) is 0 Å². The summed E-state index contributed by atoms with van der Waals surface area (Å²) in [7, 11) is 2.25. The largest absolute Gasteiger partial charge is 0.329 e. The highest BCUT2D eigenvalue weighted by atomic mass is 32.1. The van der Waals surface area contributed by atoms with Crippen LogP contribution in [0.5, 0.6) is 0 Å². The van der Waals surface area contributed by atoms with Gasteiger partial charge in [0.1, 0.15) is 0 Å². The van der Waals surface area contributed by atoms with E-state index in [2.05, 4.69) is 30.8 Å². The topological polar surface area (TPSA) is 42.1 Å². The van der Waals surface area contributed by atoms with Crippen LogP contribution >= 0.6 is 11.3 Å². The molecule has 0 aromatic carbocycles. The Bertz CT molecular complexity index is 404. The van der Waals surface area contributed by atoms with Crippen molar-refractivity contribution in [2.24, 2.45) is 11.7 Å². The molecule has 1 aromatic heterocycles. The summed E-state index contributed by atoms with van der Waals surface area (Å²) in [6.45, 7) is 6.18. The maximum absolute atomic E-state index is 6.22. The van der Waals surface area contributed by atoms with Gasteiger partial charge >= 0.3 is 0 Å². The number of aromatic nitrogens is 1. The molecule has 2 N–H and O–H groups in total. The number of thiazole rings is 1. The standard InChI is InChI=1S/C15H27N3S/c1-4-13-7-5-6-8-15(13,10-16)18(3)9-14-12(2)17-11-19-14/h11,13H,4-10,16H2,1-3H3. The predicted octanol–water partition coefficient (Wildman–Crippen LogP) is 3.18. The summed E-state index contributed by atoms with van der Waals surface area (Å²) in [5, 5.41) is 0. The van der Waals surface area contributed by atoms with Crippen LogP contribution in [-0.2, 0) is 6.54 Å². The normalized spacial score (nSPS) is 27.9. The number of rotatable bonds is 5. The lowest BCUT2D eigenvalue weighted by atomic mass is 9.70. The highest BCUT2D eigenvalue weighted by molar-refractivity contribution is 7.09. The first-order valence-corrected chi connectivity index (χ1v) is 8.32. The van der Waals surface area contributed by atoms with Crippen molar-refractivity contribution in [1.82, 2.24) is 9.88 Å². The zero-order chi connectivity index (χ0) is 13.9. The van der Waals surface area contributed by atoms with Crippen molar-refractivity contribution >= 4 is 11.3 Å². The molecule has 0 amide bonds. The number of nitrogens with two attached hydrogens (primary N) is 1. The van der Waals surface area contributed by atoms with Gasteiger partial charge in [-0.15, -0.1) is 11.3 Å². The number of likely N-dealkylation sites (N-methyl/N-ethyl adjacent to an activating group) is 1. The van der Waals surface area contributed by atoms with E-state index in [9.17, 15) is 0 Å². The summed E-state index contributed by atoms with van der Waals surface area (Å²) in [5.41, 5.74) is 9.54. The van der Waals surface area contributed by atoms with Gasteiger partial charge in [0.25, 0.3) is 0 Å². The molecule has 0 aliphatic heterocycles. The van der Waals surface area contributed by atoms with Crippen LogP contribution in [0.3, 0.4) is 0 Å². The Morgan fingerprint density at radius 3 is 2.89 bits per heavy atom. The molecule has 0 bridgehead atoms. The van der Waals surface area contributed by atoms with Gasteiger partial charge < -0.3 is 5.73 Å². The first kappa shape index (κ1) is 14.9. The lowest BCUT2D eigenvalue weighted by Gasteiger charge is -2.49. The molecule has 0 radical (unpaired) electrons. The Balaban J connectivity index is 2.17. The third-order valence-corrected chi connectivity index (χ3v) is 5.92.